The second-order valence-electron chi connectivity index (χ2n) is 10.3. The molecule has 3 aromatic carbocycles. The Hall–Kier alpha value is -5.14. The van der Waals surface area contributed by atoms with Gasteiger partial charge in [0.15, 0.2) is 0 Å². The number of aliphatic carboxylic acids is 1. The van der Waals surface area contributed by atoms with E-state index in [4.69, 9.17) is 0 Å². The SMILES string of the molecule is CCNC(=O)Nc1ccc(-c2sc3c(c2CN(C)CC(=O)O)c(=O)n(-c2ccccc2)c(=O)n3Cc2c(F)cccc2F)cc1. The number of rotatable bonds is 10. The molecule has 0 aliphatic heterocycles. The van der Waals surface area contributed by atoms with Crippen LogP contribution < -0.4 is 21.9 Å². The van der Waals surface area contributed by atoms with E-state index in [0.29, 0.717) is 28.2 Å². The number of nitrogens with zero attached hydrogens (tertiary/aromatic N) is 3. The van der Waals surface area contributed by atoms with Crippen molar-refractivity contribution in [2.75, 3.05) is 25.5 Å². The van der Waals surface area contributed by atoms with E-state index in [0.717, 1.165) is 28.0 Å². The summed E-state index contributed by atoms with van der Waals surface area (Å²) in [6.45, 7) is 1.41. The van der Waals surface area contributed by atoms with Crippen molar-refractivity contribution in [1.29, 1.82) is 0 Å². The predicted octanol–water partition coefficient (Wildman–Crippen LogP) is 4.87. The molecule has 0 atom stereocenters. The molecule has 13 heteroatoms. The molecule has 10 nitrogen and oxygen atoms in total. The molecule has 0 spiro atoms. The number of fused-ring (bicyclic) bond motifs is 1. The highest BCUT2D eigenvalue weighted by molar-refractivity contribution is 7.22. The second kappa shape index (κ2) is 13.2. The van der Waals surface area contributed by atoms with Crippen LogP contribution in [0.2, 0.25) is 0 Å². The van der Waals surface area contributed by atoms with Crippen LogP contribution in [0.1, 0.15) is 18.1 Å². The van der Waals surface area contributed by atoms with E-state index in [1.807, 2.05) is 0 Å². The van der Waals surface area contributed by atoms with Gasteiger partial charge in [0.1, 0.15) is 16.5 Å². The number of amides is 2. The van der Waals surface area contributed by atoms with Crippen LogP contribution in [-0.2, 0) is 17.9 Å². The van der Waals surface area contributed by atoms with Crippen LogP contribution in [0.15, 0.2) is 82.4 Å². The van der Waals surface area contributed by atoms with Gasteiger partial charge in [0, 0.05) is 29.2 Å². The molecule has 2 heterocycles. The highest BCUT2D eigenvalue weighted by atomic mass is 32.1. The molecule has 45 heavy (non-hydrogen) atoms. The van der Waals surface area contributed by atoms with Gasteiger partial charge in [0.25, 0.3) is 5.56 Å². The molecule has 0 aliphatic carbocycles. The van der Waals surface area contributed by atoms with Gasteiger partial charge in [-0.3, -0.25) is 19.1 Å². The zero-order chi connectivity index (χ0) is 32.2. The predicted molar refractivity (Wildman–Crippen MR) is 169 cm³/mol. The van der Waals surface area contributed by atoms with Crippen molar-refractivity contribution in [3.63, 3.8) is 0 Å². The number of thiophene rings is 1. The second-order valence-corrected chi connectivity index (χ2v) is 11.3. The molecule has 3 N–H and O–H groups in total. The Morgan fingerprint density at radius 2 is 1.60 bits per heavy atom. The summed E-state index contributed by atoms with van der Waals surface area (Å²) in [4.78, 5) is 54.0. The topological polar surface area (TPSA) is 126 Å². The van der Waals surface area contributed by atoms with Crippen LogP contribution in [0.25, 0.3) is 26.3 Å². The Morgan fingerprint density at radius 1 is 0.933 bits per heavy atom. The third kappa shape index (κ3) is 6.54. The molecule has 232 valence electrons. The third-order valence-corrected chi connectivity index (χ3v) is 8.34. The minimum Gasteiger partial charge on any atom is -0.480 e. The van der Waals surface area contributed by atoms with Gasteiger partial charge in [-0.15, -0.1) is 11.3 Å². The number of carbonyl (C=O) groups excluding carboxylic acids is 1. The molecule has 0 unspecified atom stereocenters. The Balaban J connectivity index is 1.79. The average molecular weight is 634 g/mol. The number of carboxylic acids is 1. The summed E-state index contributed by atoms with van der Waals surface area (Å²) in [5.41, 5.74) is 0.0469. The van der Waals surface area contributed by atoms with Gasteiger partial charge in [-0.2, -0.15) is 0 Å². The van der Waals surface area contributed by atoms with Gasteiger partial charge >= 0.3 is 17.7 Å². The molecule has 0 aliphatic rings. The molecule has 0 saturated heterocycles. The van der Waals surface area contributed by atoms with Crippen molar-refractivity contribution in [2.24, 2.45) is 0 Å². The Labute approximate surface area is 259 Å². The molecule has 5 rings (SSSR count). The Kier molecular flexibility index (Phi) is 9.21. The lowest BCUT2D eigenvalue weighted by molar-refractivity contribution is -0.138. The van der Waals surface area contributed by atoms with Crippen LogP contribution in [0.4, 0.5) is 19.3 Å². The number of halogens is 2. The summed E-state index contributed by atoms with van der Waals surface area (Å²) in [5, 5.41) is 14.9. The minimum absolute atomic E-state index is 0.0107. The fourth-order valence-electron chi connectivity index (χ4n) is 5.04. The summed E-state index contributed by atoms with van der Waals surface area (Å²) in [5.74, 6) is -2.77. The van der Waals surface area contributed by atoms with Crippen molar-refractivity contribution < 1.29 is 23.5 Å². The summed E-state index contributed by atoms with van der Waals surface area (Å²) in [6, 6.07) is 18.0. The number of carboxylic acid groups (broad SMARTS) is 1. The highest BCUT2D eigenvalue weighted by Crippen LogP contribution is 2.38. The van der Waals surface area contributed by atoms with Crippen LogP contribution in [0, 0.1) is 11.6 Å². The summed E-state index contributed by atoms with van der Waals surface area (Å²) in [7, 11) is 1.58. The van der Waals surface area contributed by atoms with Gasteiger partial charge in [-0.25, -0.2) is 22.9 Å². The number of benzene rings is 3. The quantitative estimate of drug-likeness (QED) is 0.202. The zero-order valence-corrected chi connectivity index (χ0v) is 25.2. The molecule has 0 saturated carbocycles. The molecule has 0 bridgehead atoms. The van der Waals surface area contributed by atoms with E-state index in [1.165, 1.54) is 15.5 Å². The highest BCUT2D eigenvalue weighted by Gasteiger charge is 2.26. The maximum atomic E-state index is 14.9. The largest absolute Gasteiger partial charge is 0.480 e. The zero-order valence-electron chi connectivity index (χ0n) is 24.3. The maximum absolute atomic E-state index is 14.9. The molecular formula is C32H29F2N5O5S. The smallest absolute Gasteiger partial charge is 0.337 e. The van der Waals surface area contributed by atoms with Gasteiger partial charge in [0.2, 0.25) is 0 Å². The van der Waals surface area contributed by atoms with E-state index in [9.17, 15) is 33.1 Å². The first-order chi connectivity index (χ1) is 21.6. The van der Waals surface area contributed by atoms with E-state index >= 15 is 0 Å². The number of carbonyl (C=O) groups is 2. The van der Waals surface area contributed by atoms with Gasteiger partial charge in [-0.05, 0) is 61.5 Å². The van der Waals surface area contributed by atoms with Crippen molar-refractivity contribution in [3.05, 3.63) is 116 Å². The van der Waals surface area contributed by atoms with Gasteiger partial charge in [0.05, 0.1) is 24.2 Å². The van der Waals surface area contributed by atoms with Crippen molar-refractivity contribution in [3.8, 4) is 16.1 Å². The number of urea groups is 1. The minimum atomic E-state index is -1.08. The first-order valence-electron chi connectivity index (χ1n) is 13.9. The summed E-state index contributed by atoms with van der Waals surface area (Å²) < 4.78 is 31.9. The number of hydrogen-bond acceptors (Lipinski definition) is 6. The molecule has 0 radical (unpaired) electrons. The van der Waals surface area contributed by atoms with E-state index in [-0.39, 0.29) is 40.6 Å². The van der Waals surface area contributed by atoms with Crippen LogP contribution in [0.5, 0.6) is 0 Å². The molecule has 0 fully saturated rings. The van der Waals surface area contributed by atoms with Crippen LogP contribution in [0.3, 0.4) is 0 Å². The number of para-hydroxylation sites is 1. The number of nitrogens with one attached hydrogen (secondary N) is 2. The number of likely N-dealkylation sites (N-methyl/N-ethyl adjacent to an activating group) is 1. The number of anilines is 1. The molecule has 2 amide bonds. The fraction of sp³-hybridized carbons (Fsp3) is 0.188. The van der Waals surface area contributed by atoms with Gasteiger partial charge < -0.3 is 15.7 Å². The van der Waals surface area contributed by atoms with E-state index < -0.39 is 35.4 Å². The van der Waals surface area contributed by atoms with Crippen molar-refractivity contribution >= 4 is 39.2 Å². The molecule has 2 aromatic heterocycles. The Morgan fingerprint density at radius 3 is 2.22 bits per heavy atom. The van der Waals surface area contributed by atoms with Gasteiger partial charge in [-0.1, -0.05) is 36.4 Å². The summed E-state index contributed by atoms with van der Waals surface area (Å²) in [6.07, 6.45) is 0. The van der Waals surface area contributed by atoms with E-state index in [2.05, 4.69) is 10.6 Å². The van der Waals surface area contributed by atoms with Crippen LogP contribution in [-0.4, -0.2) is 51.3 Å². The fourth-order valence-corrected chi connectivity index (χ4v) is 6.34. The average Bonchev–Trinajstić information content (AvgIpc) is 3.36. The Bertz CT molecular complexity index is 1990. The lowest BCUT2D eigenvalue weighted by Crippen LogP contribution is -2.39. The first kappa shape index (κ1) is 31.3. The van der Waals surface area contributed by atoms with Crippen molar-refractivity contribution in [1.82, 2.24) is 19.4 Å². The van der Waals surface area contributed by atoms with Crippen molar-refractivity contribution in [2.45, 2.75) is 20.0 Å². The van der Waals surface area contributed by atoms with E-state index in [1.54, 1.807) is 68.6 Å². The number of aromatic nitrogens is 2. The standard InChI is InChI=1S/C32H29F2N5O5S/c1-3-35-31(43)36-20-14-12-19(13-15-20)28-23(16-37(2)18-26(40)41)27-29(42)39(21-8-5-4-6-9-21)32(44)38(30(27)45-28)17-22-24(33)10-7-11-25(22)34/h4-15H,3,16-18H2,1-2H3,(H,40,41)(H2,35,36,43). The third-order valence-electron chi connectivity index (χ3n) is 7.04. The lowest BCUT2D eigenvalue weighted by Gasteiger charge is -2.16. The molecule has 5 aromatic rings. The first-order valence-corrected chi connectivity index (χ1v) is 14.8. The lowest BCUT2D eigenvalue weighted by atomic mass is 10.1. The normalized spacial score (nSPS) is 11.2. The maximum Gasteiger partial charge on any atom is 0.337 e. The number of hydrogen-bond donors (Lipinski definition) is 3. The van der Waals surface area contributed by atoms with Crippen LogP contribution >= 0.6 is 11.3 Å². The summed E-state index contributed by atoms with van der Waals surface area (Å²) >= 11 is 1.09. The molecular weight excluding hydrogens is 604 g/mol. The monoisotopic (exact) mass is 633 g/mol.